The number of hydrogen-bond donors (Lipinski definition) is 1. The van der Waals surface area contributed by atoms with Gasteiger partial charge in [0.25, 0.3) is 11.6 Å². The van der Waals surface area contributed by atoms with E-state index in [0.717, 1.165) is 19.3 Å². The highest BCUT2D eigenvalue weighted by Gasteiger charge is 2.31. The van der Waals surface area contributed by atoms with Gasteiger partial charge in [-0.2, -0.15) is 9.40 Å². The lowest BCUT2D eigenvalue weighted by Crippen LogP contribution is -2.41. The summed E-state index contributed by atoms with van der Waals surface area (Å²) >= 11 is 0. The van der Waals surface area contributed by atoms with Crippen LogP contribution in [0.3, 0.4) is 0 Å². The highest BCUT2D eigenvalue weighted by atomic mass is 32.2. The molecule has 11 heteroatoms. The average molecular weight is 484 g/mol. The third-order valence-corrected chi connectivity index (χ3v) is 7.87. The van der Waals surface area contributed by atoms with Crippen molar-refractivity contribution in [2.45, 2.75) is 44.0 Å². The number of piperidine rings is 1. The summed E-state index contributed by atoms with van der Waals surface area (Å²) in [6.45, 7) is 4.17. The highest BCUT2D eigenvalue weighted by molar-refractivity contribution is 7.89. The minimum absolute atomic E-state index is 0.0489. The highest BCUT2D eigenvalue weighted by Crippen LogP contribution is 2.26. The lowest BCUT2D eigenvalue weighted by atomic mass is 10.1. The number of aromatic nitrogens is 2. The topological polar surface area (TPSA) is 127 Å². The summed E-state index contributed by atoms with van der Waals surface area (Å²) in [7, 11) is -3.62. The molecule has 3 aromatic rings. The van der Waals surface area contributed by atoms with Crippen LogP contribution in [0.15, 0.2) is 59.5 Å². The van der Waals surface area contributed by atoms with Crippen LogP contribution in [0.25, 0.3) is 5.69 Å². The number of nitro benzene ring substituents is 1. The number of aryl methyl sites for hydroxylation is 1. The van der Waals surface area contributed by atoms with Crippen LogP contribution in [0.5, 0.6) is 0 Å². The van der Waals surface area contributed by atoms with Crippen molar-refractivity contribution in [2.75, 3.05) is 11.9 Å². The number of nitro groups is 1. The van der Waals surface area contributed by atoms with Crippen LogP contribution in [-0.2, 0) is 10.0 Å². The molecule has 1 aromatic heterocycles. The molecule has 0 bridgehead atoms. The summed E-state index contributed by atoms with van der Waals surface area (Å²) in [5.74, 6) is -0.0476. The van der Waals surface area contributed by atoms with E-state index in [4.69, 9.17) is 0 Å². The number of rotatable bonds is 6. The second-order valence-corrected chi connectivity index (χ2v) is 10.2. The zero-order valence-electron chi connectivity index (χ0n) is 18.8. The zero-order valence-corrected chi connectivity index (χ0v) is 19.7. The Morgan fingerprint density at radius 1 is 1.12 bits per heavy atom. The lowest BCUT2D eigenvalue weighted by Gasteiger charge is -2.32. The van der Waals surface area contributed by atoms with E-state index in [1.54, 1.807) is 25.1 Å². The van der Waals surface area contributed by atoms with Crippen molar-refractivity contribution < 1.29 is 18.1 Å². The maximum Gasteiger partial charge on any atom is 0.269 e. The van der Waals surface area contributed by atoms with Crippen LogP contribution < -0.4 is 5.32 Å². The number of benzene rings is 2. The standard InChI is InChI=1S/C23H25N5O5S/c1-16-15-22(27(25-16)19-8-10-20(11-9-19)28(30)31)24-23(29)18-6-12-21(13-7-18)34(32,33)26-14-4-3-5-17(26)2/h6-13,15,17H,3-5,14H2,1-2H3,(H,24,29). The predicted octanol–water partition coefficient (Wildman–Crippen LogP) is 3.90. The molecule has 178 valence electrons. The minimum atomic E-state index is -3.62. The van der Waals surface area contributed by atoms with Gasteiger partial charge in [0.1, 0.15) is 5.82 Å². The van der Waals surface area contributed by atoms with Crippen LogP contribution in [0.4, 0.5) is 11.5 Å². The second-order valence-electron chi connectivity index (χ2n) is 8.30. The van der Waals surface area contributed by atoms with Gasteiger partial charge in [-0.25, -0.2) is 13.1 Å². The monoisotopic (exact) mass is 483 g/mol. The van der Waals surface area contributed by atoms with Crippen molar-refractivity contribution >= 4 is 27.4 Å². The molecule has 0 radical (unpaired) electrons. The zero-order chi connectivity index (χ0) is 24.5. The summed E-state index contributed by atoms with van der Waals surface area (Å²) < 4.78 is 29.0. The Hall–Kier alpha value is -3.57. The van der Waals surface area contributed by atoms with E-state index in [1.807, 2.05) is 6.92 Å². The maximum atomic E-state index is 13.0. The molecule has 2 heterocycles. The Balaban J connectivity index is 1.53. The number of nitrogens with one attached hydrogen (secondary N) is 1. The van der Waals surface area contributed by atoms with Gasteiger partial charge in [0.15, 0.2) is 0 Å². The Morgan fingerprint density at radius 3 is 2.41 bits per heavy atom. The predicted molar refractivity (Wildman–Crippen MR) is 127 cm³/mol. The molecular weight excluding hydrogens is 458 g/mol. The largest absolute Gasteiger partial charge is 0.306 e. The van der Waals surface area contributed by atoms with Gasteiger partial charge >= 0.3 is 0 Å². The molecule has 1 aliphatic heterocycles. The molecule has 1 aliphatic rings. The van der Waals surface area contributed by atoms with Gasteiger partial charge < -0.3 is 5.32 Å². The van der Waals surface area contributed by atoms with E-state index in [-0.39, 0.29) is 16.6 Å². The van der Waals surface area contributed by atoms with Gasteiger partial charge in [-0.3, -0.25) is 14.9 Å². The SMILES string of the molecule is Cc1cc(NC(=O)c2ccc(S(=O)(=O)N3CCCCC3C)cc2)n(-c2ccc([N+](=O)[O-])cc2)n1. The molecule has 1 N–H and O–H groups in total. The summed E-state index contributed by atoms with van der Waals surface area (Å²) in [4.78, 5) is 23.4. The van der Waals surface area contributed by atoms with E-state index in [1.165, 1.54) is 45.4 Å². The number of carbonyl (C=O) groups excluding carboxylic acids is 1. The minimum Gasteiger partial charge on any atom is -0.306 e. The Kier molecular flexibility index (Phi) is 6.49. The van der Waals surface area contributed by atoms with Gasteiger partial charge in [-0.15, -0.1) is 0 Å². The number of nitrogens with zero attached hydrogens (tertiary/aromatic N) is 4. The number of amides is 1. The van der Waals surface area contributed by atoms with E-state index in [0.29, 0.717) is 29.3 Å². The molecule has 4 rings (SSSR count). The average Bonchev–Trinajstić information content (AvgIpc) is 3.19. The van der Waals surface area contributed by atoms with E-state index >= 15 is 0 Å². The van der Waals surface area contributed by atoms with Crippen molar-refractivity contribution in [1.82, 2.24) is 14.1 Å². The first kappa shape index (κ1) is 23.6. The fraction of sp³-hybridized carbons (Fsp3) is 0.304. The molecule has 1 fully saturated rings. The molecule has 0 spiro atoms. The molecule has 1 saturated heterocycles. The van der Waals surface area contributed by atoms with Crippen LogP contribution in [-0.4, -0.2) is 45.9 Å². The second kappa shape index (κ2) is 9.35. The van der Waals surface area contributed by atoms with E-state index in [9.17, 15) is 23.3 Å². The summed E-state index contributed by atoms with van der Waals surface area (Å²) in [5.41, 5.74) is 1.43. The molecule has 10 nitrogen and oxygen atoms in total. The van der Waals surface area contributed by atoms with Crippen LogP contribution in [0, 0.1) is 17.0 Å². The first-order chi connectivity index (χ1) is 16.2. The van der Waals surface area contributed by atoms with E-state index in [2.05, 4.69) is 10.4 Å². The first-order valence-electron chi connectivity index (χ1n) is 10.9. The van der Waals surface area contributed by atoms with E-state index < -0.39 is 20.9 Å². The fourth-order valence-corrected chi connectivity index (χ4v) is 5.73. The molecule has 1 amide bonds. The van der Waals surface area contributed by atoms with Crippen LogP contribution >= 0.6 is 0 Å². The molecule has 2 aromatic carbocycles. The van der Waals surface area contributed by atoms with Crippen LogP contribution in [0.1, 0.15) is 42.2 Å². The molecule has 1 unspecified atom stereocenters. The number of anilines is 1. The fourth-order valence-electron chi connectivity index (χ4n) is 4.03. The van der Waals surface area contributed by atoms with Crippen molar-refractivity contribution in [1.29, 1.82) is 0 Å². The molecule has 0 saturated carbocycles. The van der Waals surface area contributed by atoms with Gasteiger partial charge in [-0.05, 0) is 63.1 Å². The Morgan fingerprint density at radius 2 is 1.79 bits per heavy atom. The molecular formula is C23H25N5O5S. The van der Waals surface area contributed by atoms with Crippen molar-refractivity contribution in [2.24, 2.45) is 0 Å². The first-order valence-corrected chi connectivity index (χ1v) is 12.4. The van der Waals surface area contributed by atoms with Crippen molar-refractivity contribution in [3.63, 3.8) is 0 Å². The molecule has 1 atom stereocenters. The smallest absolute Gasteiger partial charge is 0.269 e. The maximum absolute atomic E-state index is 13.0. The molecule has 34 heavy (non-hydrogen) atoms. The summed E-state index contributed by atoms with van der Waals surface area (Å²) in [5, 5.41) is 18.0. The van der Waals surface area contributed by atoms with Gasteiger partial charge in [-0.1, -0.05) is 6.42 Å². The van der Waals surface area contributed by atoms with Crippen molar-refractivity contribution in [3.05, 3.63) is 76.0 Å². The van der Waals surface area contributed by atoms with Gasteiger partial charge in [0.05, 0.1) is 21.2 Å². The Labute approximate surface area is 197 Å². The normalized spacial score (nSPS) is 16.8. The van der Waals surface area contributed by atoms with Gasteiger partial charge in [0, 0.05) is 36.3 Å². The lowest BCUT2D eigenvalue weighted by molar-refractivity contribution is -0.384. The quantitative estimate of drug-likeness (QED) is 0.418. The number of non-ortho nitro benzene ring substituents is 1. The summed E-state index contributed by atoms with van der Waals surface area (Å²) in [6, 6.07) is 13.3. The Bertz CT molecular complexity index is 1320. The molecule has 0 aliphatic carbocycles. The van der Waals surface area contributed by atoms with Crippen LogP contribution in [0.2, 0.25) is 0 Å². The van der Waals surface area contributed by atoms with Crippen molar-refractivity contribution in [3.8, 4) is 5.69 Å². The number of carbonyl (C=O) groups is 1. The number of sulfonamides is 1. The summed E-state index contributed by atoms with van der Waals surface area (Å²) in [6.07, 6.45) is 2.69. The number of hydrogen-bond acceptors (Lipinski definition) is 6. The third kappa shape index (κ3) is 4.70. The third-order valence-electron chi connectivity index (χ3n) is 5.84. The van der Waals surface area contributed by atoms with Gasteiger partial charge in [0.2, 0.25) is 10.0 Å².